The van der Waals surface area contributed by atoms with Crippen LogP contribution >= 0.6 is 0 Å². The van der Waals surface area contributed by atoms with Gasteiger partial charge in [-0.1, -0.05) is 6.42 Å². The fraction of sp³-hybridized carbons (Fsp3) is 0.409. The molecule has 2 aliphatic heterocycles. The third kappa shape index (κ3) is 3.41. The maximum atomic E-state index is 15.0. The van der Waals surface area contributed by atoms with E-state index in [1.54, 1.807) is 31.0 Å². The van der Waals surface area contributed by atoms with Gasteiger partial charge in [-0.15, -0.1) is 0 Å². The highest BCUT2D eigenvalue weighted by molar-refractivity contribution is 5.68. The lowest BCUT2D eigenvalue weighted by Crippen LogP contribution is -2.61. The van der Waals surface area contributed by atoms with Crippen LogP contribution in [-0.4, -0.2) is 56.0 Å². The lowest BCUT2D eigenvalue weighted by molar-refractivity contribution is 0.107. The van der Waals surface area contributed by atoms with Crippen molar-refractivity contribution in [3.63, 3.8) is 0 Å². The number of fused-ring (bicyclic) bond motifs is 2. The van der Waals surface area contributed by atoms with Crippen molar-refractivity contribution in [2.75, 3.05) is 11.9 Å². The molecule has 8 heteroatoms. The van der Waals surface area contributed by atoms with Crippen LogP contribution in [0.15, 0.2) is 49.3 Å². The monoisotopic (exact) mass is 408 g/mol. The molecular formula is C22H25FN6O. The number of rotatable bonds is 4. The summed E-state index contributed by atoms with van der Waals surface area (Å²) < 4.78 is 16.8. The average Bonchev–Trinajstić information content (AvgIpc) is 3.31. The number of alkyl halides is 1. The van der Waals surface area contributed by atoms with Crippen molar-refractivity contribution < 1.29 is 9.50 Å². The van der Waals surface area contributed by atoms with Crippen molar-refractivity contribution in [3.8, 4) is 22.7 Å². The second-order valence-electron chi connectivity index (χ2n) is 8.19. The molecule has 2 aliphatic rings. The van der Waals surface area contributed by atoms with Crippen LogP contribution < -0.4 is 10.2 Å². The Morgan fingerprint density at radius 2 is 2.13 bits per heavy atom. The first-order chi connectivity index (χ1) is 14.6. The SMILES string of the molecule is CN(c1cnc(-c2ccc(-n3ccnc3)cc2O)cn1)[C@H]1CC2CCCC(N2)[C@H]1F. The number of nitrogens with one attached hydrogen (secondary N) is 1. The number of aromatic nitrogens is 4. The van der Waals surface area contributed by atoms with E-state index in [9.17, 15) is 5.11 Å². The standard InChI is InChI=1S/C22H25FN6O/c1-28(19-9-14-3-2-4-17(27-14)22(19)23)21-12-25-18(11-26-21)16-6-5-15(10-20(16)30)29-8-7-24-13-29/h5-8,10-14,17,19,22,27,30H,2-4,9H2,1H3/t14?,17?,19-,22+/m0/s1. The first-order valence-corrected chi connectivity index (χ1v) is 10.4. The Bertz CT molecular complexity index is 1010. The van der Waals surface area contributed by atoms with Gasteiger partial charge >= 0.3 is 0 Å². The zero-order chi connectivity index (χ0) is 20.7. The quantitative estimate of drug-likeness (QED) is 0.691. The van der Waals surface area contributed by atoms with Gasteiger partial charge in [0.2, 0.25) is 0 Å². The molecule has 4 atom stereocenters. The van der Waals surface area contributed by atoms with Crippen LogP contribution in [0.5, 0.6) is 5.75 Å². The van der Waals surface area contributed by atoms with Crippen molar-refractivity contribution in [1.82, 2.24) is 24.8 Å². The summed E-state index contributed by atoms with van der Waals surface area (Å²) in [5.41, 5.74) is 1.98. The van der Waals surface area contributed by atoms with Crippen molar-refractivity contribution in [2.24, 2.45) is 0 Å². The van der Waals surface area contributed by atoms with E-state index >= 15 is 4.39 Å². The summed E-state index contributed by atoms with van der Waals surface area (Å²) in [6.45, 7) is 0. The molecule has 0 amide bonds. The maximum absolute atomic E-state index is 15.0. The Kier molecular flexibility index (Phi) is 4.86. The molecule has 4 heterocycles. The molecule has 3 aromatic rings. The van der Waals surface area contributed by atoms with Gasteiger partial charge in [-0.3, -0.25) is 4.98 Å². The van der Waals surface area contributed by atoms with Gasteiger partial charge in [-0.25, -0.2) is 14.4 Å². The van der Waals surface area contributed by atoms with Gasteiger partial charge in [-0.2, -0.15) is 0 Å². The zero-order valence-electron chi connectivity index (χ0n) is 16.8. The van der Waals surface area contributed by atoms with Gasteiger partial charge in [-0.05, 0) is 31.4 Å². The molecule has 156 valence electrons. The summed E-state index contributed by atoms with van der Waals surface area (Å²) in [6.07, 6.45) is 11.4. The van der Waals surface area contributed by atoms with Gasteiger partial charge in [0.15, 0.2) is 0 Å². The third-order valence-electron chi connectivity index (χ3n) is 6.35. The summed E-state index contributed by atoms with van der Waals surface area (Å²) >= 11 is 0. The molecule has 2 N–H and O–H groups in total. The summed E-state index contributed by atoms with van der Waals surface area (Å²) in [5.74, 6) is 0.757. The van der Waals surface area contributed by atoms with E-state index < -0.39 is 6.17 Å². The Hall–Kier alpha value is -3.00. The van der Waals surface area contributed by atoms with Gasteiger partial charge in [0.1, 0.15) is 17.7 Å². The smallest absolute Gasteiger partial charge is 0.147 e. The fourth-order valence-corrected chi connectivity index (χ4v) is 4.67. The second kappa shape index (κ2) is 7.68. The largest absolute Gasteiger partial charge is 0.507 e. The number of halogens is 1. The molecular weight excluding hydrogens is 383 g/mol. The fourth-order valence-electron chi connectivity index (χ4n) is 4.67. The maximum Gasteiger partial charge on any atom is 0.147 e. The number of hydrogen-bond donors (Lipinski definition) is 2. The number of aromatic hydroxyl groups is 1. The second-order valence-corrected chi connectivity index (χ2v) is 8.19. The lowest BCUT2D eigenvalue weighted by atomic mass is 9.82. The minimum Gasteiger partial charge on any atom is -0.507 e. The van der Waals surface area contributed by atoms with Gasteiger partial charge < -0.3 is 19.9 Å². The molecule has 0 aliphatic carbocycles. The number of hydrogen-bond acceptors (Lipinski definition) is 6. The number of anilines is 1. The normalized spacial score (nSPS) is 25.8. The van der Waals surface area contributed by atoms with E-state index in [-0.39, 0.29) is 17.8 Å². The van der Waals surface area contributed by atoms with Gasteiger partial charge in [0, 0.05) is 43.2 Å². The number of imidazole rings is 1. The molecule has 2 aromatic heterocycles. The highest BCUT2D eigenvalue weighted by Gasteiger charge is 2.41. The minimum atomic E-state index is -0.923. The number of nitrogens with zero attached hydrogens (tertiary/aromatic N) is 5. The van der Waals surface area contributed by atoms with Crippen molar-refractivity contribution >= 4 is 5.82 Å². The van der Waals surface area contributed by atoms with Gasteiger partial charge in [0.05, 0.1) is 36.1 Å². The summed E-state index contributed by atoms with van der Waals surface area (Å²) in [5, 5.41) is 13.9. The van der Waals surface area contributed by atoms with E-state index in [0.29, 0.717) is 23.1 Å². The first-order valence-electron chi connectivity index (χ1n) is 10.4. The van der Waals surface area contributed by atoms with Crippen LogP contribution in [0.4, 0.5) is 10.2 Å². The first kappa shape index (κ1) is 19.0. The van der Waals surface area contributed by atoms with Crippen LogP contribution in [0.1, 0.15) is 25.7 Å². The van der Waals surface area contributed by atoms with E-state index in [1.807, 2.05) is 34.8 Å². The molecule has 1 aromatic carbocycles. The Morgan fingerprint density at radius 1 is 1.23 bits per heavy atom. The van der Waals surface area contributed by atoms with Gasteiger partial charge in [0.25, 0.3) is 0 Å². The topological polar surface area (TPSA) is 79.1 Å². The predicted octanol–water partition coefficient (Wildman–Crippen LogP) is 3.09. The van der Waals surface area contributed by atoms with Crippen LogP contribution in [-0.2, 0) is 0 Å². The van der Waals surface area contributed by atoms with Crippen LogP contribution in [0, 0.1) is 0 Å². The molecule has 0 spiro atoms. The minimum absolute atomic E-state index is 0.0665. The highest BCUT2D eigenvalue weighted by Crippen LogP contribution is 2.33. The Balaban J connectivity index is 1.35. The zero-order valence-corrected chi connectivity index (χ0v) is 16.8. The van der Waals surface area contributed by atoms with E-state index in [0.717, 1.165) is 31.4 Å². The Labute approximate surface area is 174 Å². The van der Waals surface area contributed by atoms with E-state index in [1.165, 1.54) is 0 Å². The number of benzene rings is 1. The number of phenolic OH excluding ortho intramolecular Hbond substituents is 1. The molecule has 7 nitrogen and oxygen atoms in total. The molecule has 2 fully saturated rings. The molecule has 2 unspecified atom stereocenters. The van der Waals surface area contributed by atoms with Crippen molar-refractivity contribution in [2.45, 2.75) is 50.0 Å². The summed E-state index contributed by atoms with van der Waals surface area (Å²) in [4.78, 5) is 14.9. The Morgan fingerprint density at radius 3 is 2.87 bits per heavy atom. The van der Waals surface area contributed by atoms with E-state index in [2.05, 4.69) is 20.3 Å². The number of piperidine rings is 2. The van der Waals surface area contributed by atoms with E-state index in [4.69, 9.17) is 0 Å². The van der Waals surface area contributed by atoms with Crippen molar-refractivity contribution in [3.05, 3.63) is 49.3 Å². The van der Waals surface area contributed by atoms with Crippen LogP contribution in [0.2, 0.25) is 0 Å². The summed E-state index contributed by atoms with van der Waals surface area (Å²) in [6, 6.07) is 5.47. The van der Waals surface area contributed by atoms with Crippen molar-refractivity contribution in [1.29, 1.82) is 0 Å². The van der Waals surface area contributed by atoms with Crippen LogP contribution in [0.3, 0.4) is 0 Å². The highest BCUT2D eigenvalue weighted by atomic mass is 19.1. The molecule has 0 saturated carbocycles. The molecule has 5 rings (SSSR count). The predicted molar refractivity (Wildman–Crippen MR) is 113 cm³/mol. The number of phenols is 1. The lowest BCUT2D eigenvalue weighted by Gasteiger charge is -2.46. The molecule has 2 bridgehead atoms. The molecule has 2 saturated heterocycles. The molecule has 0 radical (unpaired) electrons. The molecule has 30 heavy (non-hydrogen) atoms. The van der Waals surface area contributed by atoms with Crippen LogP contribution in [0.25, 0.3) is 16.9 Å². The summed E-state index contributed by atoms with van der Waals surface area (Å²) in [7, 11) is 1.89. The third-order valence-corrected chi connectivity index (χ3v) is 6.35. The average molecular weight is 408 g/mol.